The van der Waals surface area contributed by atoms with E-state index in [0.29, 0.717) is 19.4 Å². The first-order valence-electron chi connectivity index (χ1n) is 8.60. The smallest absolute Gasteiger partial charge is 0.240 e. The van der Waals surface area contributed by atoms with Gasteiger partial charge in [0.25, 0.3) is 0 Å². The number of nitrogens with one attached hydrogen (secondary N) is 1. The molecule has 0 saturated carbocycles. The highest BCUT2D eigenvalue weighted by Crippen LogP contribution is 2.15. The summed E-state index contributed by atoms with van der Waals surface area (Å²) in [5.41, 5.74) is 0.922. The van der Waals surface area contributed by atoms with Crippen LogP contribution in [0.25, 0.3) is 0 Å². The molecule has 0 saturated heterocycles. The second-order valence-electron chi connectivity index (χ2n) is 6.48. The third-order valence-corrected chi connectivity index (χ3v) is 5.63. The largest absolute Gasteiger partial charge is 0.464 e. The Hall–Kier alpha value is -2.12. The second kappa shape index (κ2) is 8.51. The number of benzene rings is 1. The Morgan fingerprint density at radius 2 is 1.81 bits per heavy atom. The lowest BCUT2D eigenvalue weighted by molar-refractivity contribution is -0.133. The van der Waals surface area contributed by atoms with Crippen LogP contribution in [0.1, 0.15) is 37.4 Å². The molecule has 2 rings (SSSR count). The van der Waals surface area contributed by atoms with Crippen molar-refractivity contribution in [1.29, 1.82) is 0 Å². The fourth-order valence-corrected chi connectivity index (χ4v) is 3.37. The van der Waals surface area contributed by atoms with Crippen LogP contribution < -0.4 is 4.72 Å². The molecule has 142 valence electrons. The Labute approximate surface area is 155 Å². The predicted molar refractivity (Wildman–Crippen MR) is 100 cm³/mol. The van der Waals surface area contributed by atoms with E-state index in [1.54, 1.807) is 29.2 Å². The average molecular weight is 378 g/mol. The Morgan fingerprint density at radius 1 is 1.15 bits per heavy atom. The van der Waals surface area contributed by atoms with Crippen LogP contribution in [0.5, 0.6) is 0 Å². The third-order valence-electron chi connectivity index (χ3n) is 4.20. The molecular formula is C19H26N2O4S. The van der Waals surface area contributed by atoms with Gasteiger partial charge in [-0.25, -0.2) is 13.1 Å². The van der Waals surface area contributed by atoms with Gasteiger partial charge < -0.3 is 9.32 Å². The molecule has 1 aromatic heterocycles. The van der Waals surface area contributed by atoms with Gasteiger partial charge in [0, 0.05) is 12.5 Å². The van der Waals surface area contributed by atoms with Gasteiger partial charge in [0.05, 0.1) is 11.4 Å². The van der Waals surface area contributed by atoms with Crippen molar-refractivity contribution in [3.8, 4) is 0 Å². The van der Waals surface area contributed by atoms with Crippen molar-refractivity contribution >= 4 is 15.9 Å². The summed E-state index contributed by atoms with van der Waals surface area (Å²) in [5.74, 6) is 1.64. The monoisotopic (exact) mass is 378 g/mol. The number of sulfonamides is 1. The summed E-state index contributed by atoms with van der Waals surface area (Å²) < 4.78 is 31.3. The van der Waals surface area contributed by atoms with Crippen LogP contribution in [0, 0.1) is 6.92 Å². The summed E-state index contributed by atoms with van der Waals surface area (Å²) in [4.78, 5) is 14.6. The first kappa shape index (κ1) is 20.2. The molecule has 0 aliphatic carbocycles. The summed E-state index contributed by atoms with van der Waals surface area (Å²) in [7, 11) is -2.06. The van der Waals surface area contributed by atoms with Crippen LogP contribution in [-0.2, 0) is 27.8 Å². The van der Waals surface area contributed by atoms with Crippen molar-refractivity contribution in [2.45, 2.75) is 51.1 Å². The molecule has 0 fully saturated rings. The Kier molecular flexibility index (Phi) is 6.61. The molecule has 0 spiro atoms. The van der Waals surface area contributed by atoms with E-state index in [1.807, 2.05) is 32.9 Å². The van der Waals surface area contributed by atoms with Gasteiger partial charge in [-0.3, -0.25) is 4.79 Å². The van der Waals surface area contributed by atoms with E-state index in [4.69, 9.17) is 4.42 Å². The van der Waals surface area contributed by atoms with E-state index < -0.39 is 10.0 Å². The highest BCUT2D eigenvalue weighted by molar-refractivity contribution is 7.89. The lowest BCUT2D eigenvalue weighted by Crippen LogP contribution is -2.36. The zero-order chi connectivity index (χ0) is 19.3. The topological polar surface area (TPSA) is 79.6 Å². The predicted octanol–water partition coefficient (Wildman–Crippen LogP) is 2.87. The van der Waals surface area contributed by atoms with Crippen molar-refractivity contribution in [1.82, 2.24) is 9.62 Å². The van der Waals surface area contributed by atoms with E-state index in [2.05, 4.69) is 4.72 Å². The standard InChI is InChI=1S/C19H26N2O4S/c1-14(2)21(13-17-9-5-15(3)25-17)19(22)12-8-16-6-10-18(11-7-16)26(23,24)20-4/h5-7,9-11,14,20H,8,12-13H2,1-4H3. The van der Waals surface area contributed by atoms with Crippen LogP contribution >= 0.6 is 0 Å². The van der Waals surface area contributed by atoms with Crippen LogP contribution in [-0.4, -0.2) is 32.3 Å². The number of hydrogen-bond acceptors (Lipinski definition) is 4. The van der Waals surface area contributed by atoms with Gasteiger partial charge in [0.15, 0.2) is 0 Å². The summed E-state index contributed by atoms with van der Waals surface area (Å²) in [5, 5.41) is 0. The van der Waals surface area contributed by atoms with Gasteiger partial charge in [-0.05, 0) is 64.1 Å². The zero-order valence-corrected chi connectivity index (χ0v) is 16.5. The Morgan fingerprint density at radius 3 is 2.31 bits per heavy atom. The molecule has 0 aliphatic heterocycles. The Bertz CT molecular complexity index is 839. The molecule has 6 nitrogen and oxygen atoms in total. The van der Waals surface area contributed by atoms with Gasteiger partial charge in [-0.15, -0.1) is 0 Å². The van der Waals surface area contributed by atoms with Gasteiger partial charge in [0.2, 0.25) is 15.9 Å². The fourth-order valence-electron chi connectivity index (χ4n) is 2.64. The molecule has 0 unspecified atom stereocenters. The number of amides is 1. The molecule has 2 aromatic rings. The molecule has 1 heterocycles. The van der Waals surface area contributed by atoms with Crippen molar-refractivity contribution in [3.63, 3.8) is 0 Å². The summed E-state index contributed by atoms with van der Waals surface area (Å²) in [6.07, 6.45) is 0.912. The van der Waals surface area contributed by atoms with E-state index in [1.165, 1.54) is 7.05 Å². The number of carbonyl (C=O) groups excluding carboxylic acids is 1. The maximum absolute atomic E-state index is 12.6. The van der Waals surface area contributed by atoms with Crippen LogP contribution in [0.3, 0.4) is 0 Å². The first-order chi connectivity index (χ1) is 12.2. The van der Waals surface area contributed by atoms with Crippen molar-refractivity contribution in [2.24, 2.45) is 0 Å². The highest BCUT2D eigenvalue weighted by Gasteiger charge is 2.19. The van der Waals surface area contributed by atoms with E-state index >= 15 is 0 Å². The molecule has 0 aliphatic rings. The summed E-state index contributed by atoms with van der Waals surface area (Å²) in [6, 6.07) is 10.4. The number of furan rings is 1. The molecule has 1 amide bonds. The molecule has 0 atom stereocenters. The number of rotatable bonds is 8. The SMILES string of the molecule is CNS(=O)(=O)c1ccc(CCC(=O)N(Cc2ccc(C)o2)C(C)C)cc1. The van der Waals surface area contributed by atoms with Gasteiger partial charge in [-0.2, -0.15) is 0 Å². The van der Waals surface area contributed by atoms with Gasteiger partial charge in [-0.1, -0.05) is 12.1 Å². The van der Waals surface area contributed by atoms with E-state index in [0.717, 1.165) is 17.1 Å². The summed E-state index contributed by atoms with van der Waals surface area (Å²) in [6.45, 7) is 6.28. The lowest BCUT2D eigenvalue weighted by Gasteiger charge is -2.26. The molecular weight excluding hydrogens is 352 g/mol. The quantitative estimate of drug-likeness (QED) is 0.766. The Balaban J connectivity index is 1.99. The van der Waals surface area contributed by atoms with Crippen LogP contribution in [0.4, 0.5) is 0 Å². The van der Waals surface area contributed by atoms with Gasteiger partial charge in [0.1, 0.15) is 11.5 Å². The normalized spacial score (nSPS) is 11.7. The maximum Gasteiger partial charge on any atom is 0.240 e. The van der Waals surface area contributed by atoms with Crippen molar-refractivity contribution in [3.05, 3.63) is 53.5 Å². The maximum atomic E-state index is 12.6. The average Bonchev–Trinajstić information content (AvgIpc) is 3.02. The third kappa shape index (κ3) is 5.19. The van der Waals surface area contributed by atoms with Crippen molar-refractivity contribution in [2.75, 3.05) is 7.05 Å². The molecule has 26 heavy (non-hydrogen) atoms. The number of hydrogen-bond donors (Lipinski definition) is 1. The zero-order valence-electron chi connectivity index (χ0n) is 15.7. The minimum absolute atomic E-state index is 0.0426. The summed E-state index contributed by atoms with van der Waals surface area (Å²) >= 11 is 0. The van der Waals surface area contributed by atoms with Crippen molar-refractivity contribution < 1.29 is 17.6 Å². The minimum atomic E-state index is -3.44. The number of aryl methyl sites for hydroxylation is 2. The lowest BCUT2D eigenvalue weighted by atomic mass is 10.1. The highest BCUT2D eigenvalue weighted by atomic mass is 32.2. The molecule has 7 heteroatoms. The molecule has 0 bridgehead atoms. The number of nitrogens with zero attached hydrogens (tertiary/aromatic N) is 1. The first-order valence-corrected chi connectivity index (χ1v) is 10.1. The molecule has 1 aromatic carbocycles. The van der Waals surface area contributed by atoms with Crippen LogP contribution in [0.15, 0.2) is 45.7 Å². The molecule has 1 N–H and O–H groups in total. The number of carbonyl (C=O) groups is 1. The fraction of sp³-hybridized carbons (Fsp3) is 0.421. The molecule has 0 radical (unpaired) electrons. The minimum Gasteiger partial charge on any atom is -0.464 e. The second-order valence-corrected chi connectivity index (χ2v) is 8.37. The van der Waals surface area contributed by atoms with Crippen LogP contribution in [0.2, 0.25) is 0 Å². The van der Waals surface area contributed by atoms with E-state index in [9.17, 15) is 13.2 Å². The van der Waals surface area contributed by atoms with E-state index in [-0.39, 0.29) is 16.8 Å². The van der Waals surface area contributed by atoms with Gasteiger partial charge >= 0.3 is 0 Å².